The molecule has 0 unspecified atom stereocenters. The summed E-state index contributed by atoms with van der Waals surface area (Å²) in [5.41, 5.74) is -0.965. The number of piperidine rings is 1. The van der Waals surface area contributed by atoms with Gasteiger partial charge in [-0.15, -0.1) is 10.3 Å². The van der Waals surface area contributed by atoms with Crippen molar-refractivity contribution in [2.45, 2.75) is 71.6 Å². The molecule has 1 saturated heterocycles. The van der Waals surface area contributed by atoms with Gasteiger partial charge in [-0.1, -0.05) is 13.8 Å². The lowest BCUT2D eigenvalue weighted by molar-refractivity contribution is -0.299. The Morgan fingerprint density at radius 2 is 1.59 bits per heavy atom. The highest BCUT2D eigenvalue weighted by Gasteiger charge is 2.47. The number of hydrogen-bond acceptors (Lipinski definition) is 3. The van der Waals surface area contributed by atoms with E-state index in [0.29, 0.717) is 12.8 Å². The van der Waals surface area contributed by atoms with E-state index in [4.69, 9.17) is 4.74 Å². The largest absolute Gasteiger partial charge is 0.462 e. The van der Waals surface area contributed by atoms with Crippen molar-refractivity contribution in [3.8, 4) is 0 Å². The van der Waals surface area contributed by atoms with Crippen LogP contribution in [-0.4, -0.2) is 28.2 Å². The second kappa shape index (κ2) is 4.58. The summed E-state index contributed by atoms with van der Waals surface area (Å²) in [5.74, 6) is -0.299. The molecule has 17 heavy (non-hydrogen) atoms. The molecule has 1 heterocycles. The van der Waals surface area contributed by atoms with Crippen LogP contribution in [0.3, 0.4) is 0 Å². The van der Waals surface area contributed by atoms with Crippen LogP contribution >= 0.6 is 0 Å². The first-order valence-electron chi connectivity index (χ1n) is 6.24. The molecule has 0 aromatic carbocycles. The Balaban J connectivity index is 2.75. The number of rotatable bonds is 2. The van der Waals surface area contributed by atoms with Gasteiger partial charge in [0.05, 0.1) is 5.92 Å². The molecule has 0 aromatic rings. The second-order valence-corrected chi connectivity index (χ2v) is 6.54. The molecular weight excluding hydrogens is 218 g/mol. The highest BCUT2D eigenvalue weighted by atomic mass is 16.5. The van der Waals surface area contributed by atoms with Crippen molar-refractivity contribution in [2.24, 2.45) is 5.92 Å². The van der Waals surface area contributed by atoms with E-state index in [1.807, 2.05) is 41.5 Å². The van der Waals surface area contributed by atoms with Crippen LogP contribution in [0.2, 0.25) is 0 Å². The minimum Gasteiger partial charge on any atom is -0.462 e. The van der Waals surface area contributed by atoms with Gasteiger partial charge < -0.3 is 4.74 Å². The van der Waals surface area contributed by atoms with Gasteiger partial charge in [0.2, 0.25) is 0 Å². The van der Waals surface area contributed by atoms with Crippen molar-refractivity contribution < 1.29 is 14.7 Å². The average molecular weight is 242 g/mol. The summed E-state index contributed by atoms with van der Waals surface area (Å²) in [6.07, 6.45) is 1.04. The molecule has 1 aliphatic rings. The molecule has 0 bridgehead atoms. The van der Waals surface area contributed by atoms with Crippen molar-refractivity contribution in [3.63, 3.8) is 0 Å². The monoisotopic (exact) mass is 242 g/mol. The first-order valence-corrected chi connectivity index (χ1v) is 6.24. The normalized spacial score (nSPS) is 24.9. The van der Waals surface area contributed by atoms with Gasteiger partial charge in [-0.25, -0.2) is 0 Å². The number of hydroxylamine groups is 2. The molecule has 0 amide bonds. The molecule has 1 rings (SSSR count). The molecule has 1 fully saturated rings. The SMILES string of the molecule is CC(C)C(=O)OC1CC(C)(C)N([O])C(C)(C)C1. The molecule has 1 radical (unpaired) electrons. The van der Waals surface area contributed by atoms with E-state index in [9.17, 15) is 10.0 Å². The molecule has 0 N–H and O–H groups in total. The summed E-state index contributed by atoms with van der Waals surface area (Å²) in [4.78, 5) is 11.6. The van der Waals surface area contributed by atoms with Crippen molar-refractivity contribution in [2.75, 3.05) is 0 Å². The average Bonchev–Trinajstić information content (AvgIpc) is 2.12. The standard InChI is InChI=1S/C13H24NO3/c1-9(2)11(15)17-10-7-12(3,4)14(16)13(5,6)8-10/h9-10H,7-8H2,1-6H3. The lowest BCUT2D eigenvalue weighted by Gasteiger charge is -2.49. The predicted molar refractivity (Wildman–Crippen MR) is 64.6 cm³/mol. The van der Waals surface area contributed by atoms with Crippen molar-refractivity contribution in [3.05, 3.63) is 0 Å². The Morgan fingerprint density at radius 1 is 1.18 bits per heavy atom. The summed E-state index contributed by atoms with van der Waals surface area (Å²) < 4.78 is 5.47. The Morgan fingerprint density at radius 3 is 1.94 bits per heavy atom. The second-order valence-electron chi connectivity index (χ2n) is 6.54. The van der Waals surface area contributed by atoms with Crippen LogP contribution < -0.4 is 0 Å². The first-order chi connectivity index (χ1) is 7.56. The molecule has 4 heteroatoms. The third-order valence-corrected chi connectivity index (χ3v) is 3.31. The molecule has 0 spiro atoms. The molecule has 1 aliphatic heterocycles. The Kier molecular flexibility index (Phi) is 3.89. The van der Waals surface area contributed by atoms with Gasteiger partial charge in [0, 0.05) is 23.9 Å². The zero-order valence-corrected chi connectivity index (χ0v) is 11.7. The van der Waals surface area contributed by atoms with E-state index < -0.39 is 11.1 Å². The van der Waals surface area contributed by atoms with Crippen LogP contribution in [0.25, 0.3) is 0 Å². The molecule has 99 valence electrons. The molecule has 0 saturated carbocycles. The summed E-state index contributed by atoms with van der Waals surface area (Å²) in [5, 5.41) is 13.2. The van der Waals surface area contributed by atoms with E-state index in [-0.39, 0.29) is 18.0 Å². The minimum absolute atomic E-state index is 0.119. The maximum atomic E-state index is 12.1. The van der Waals surface area contributed by atoms with Crippen molar-refractivity contribution >= 4 is 5.97 Å². The molecule has 0 aromatic heterocycles. The summed E-state index contributed by atoms with van der Waals surface area (Å²) in [6, 6.07) is 0. The van der Waals surface area contributed by atoms with Gasteiger partial charge >= 0.3 is 5.97 Å². The Labute approximate surface area is 104 Å². The maximum absolute atomic E-state index is 12.1. The predicted octanol–water partition coefficient (Wildman–Crippen LogP) is 2.55. The third kappa shape index (κ3) is 3.19. The van der Waals surface area contributed by atoms with Crippen LogP contribution in [0.15, 0.2) is 0 Å². The zero-order valence-electron chi connectivity index (χ0n) is 11.7. The van der Waals surface area contributed by atoms with Gasteiger partial charge in [0.15, 0.2) is 0 Å². The Bertz CT molecular complexity index is 279. The van der Waals surface area contributed by atoms with Gasteiger partial charge in [-0.2, -0.15) is 0 Å². The quantitative estimate of drug-likeness (QED) is 0.699. The zero-order chi connectivity index (χ0) is 13.4. The number of ether oxygens (including phenoxy) is 1. The Hall–Kier alpha value is -0.610. The molecule has 0 atom stereocenters. The van der Waals surface area contributed by atoms with Crippen molar-refractivity contribution in [1.82, 2.24) is 5.06 Å². The van der Waals surface area contributed by atoms with E-state index in [2.05, 4.69) is 0 Å². The van der Waals surface area contributed by atoms with Gasteiger partial charge in [-0.3, -0.25) is 4.79 Å². The summed E-state index contributed by atoms with van der Waals surface area (Å²) in [7, 11) is 0. The number of hydrogen-bond donors (Lipinski definition) is 0. The fourth-order valence-electron chi connectivity index (χ4n) is 2.56. The van der Waals surface area contributed by atoms with Gasteiger partial charge in [0.1, 0.15) is 6.10 Å². The fraction of sp³-hybridized carbons (Fsp3) is 0.923. The van der Waals surface area contributed by atoms with E-state index in [1.165, 1.54) is 0 Å². The highest BCUT2D eigenvalue weighted by Crippen LogP contribution is 2.38. The number of carbonyl (C=O) groups is 1. The van der Waals surface area contributed by atoms with Gasteiger partial charge in [0.25, 0.3) is 0 Å². The third-order valence-electron chi connectivity index (χ3n) is 3.31. The fourth-order valence-corrected chi connectivity index (χ4v) is 2.56. The lowest BCUT2D eigenvalue weighted by atomic mass is 9.80. The summed E-state index contributed by atoms with van der Waals surface area (Å²) >= 11 is 0. The van der Waals surface area contributed by atoms with Crippen LogP contribution in [-0.2, 0) is 14.7 Å². The first kappa shape index (κ1) is 14.5. The van der Waals surface area contributed by atoms with Crippen LogP contribution in [0, 0.1) is 5.92 Å². The topological polar surface area (TPSA) is 49.4 Å². The van der Waals surface area contributed by atoms with E-state index >= 15 is 0 Å². The van der Waals surface area contributed by atoms with E-state index in [1.54, 1.807) is 0 Å². The minimum atomic E-state index is -0.482. The van der Waals surface area contributed by atoms with E-state index in [0.717, 1.165) is 5.06 Å². The number of carbonyl (C=O) groups excluding carboxylic acids is 1. The molecular formula is C13H24NO3. The number of nitrogens with zero attached hydrogens (tertiary/aromatic N) is 1. The maximum Gasteiger partial charge on any atom is 0.308 e. The van der Waals surface area contributed by atoms with Crippen LogP contribution in [0.5, 0.6) is 0 Å². The smallest absolute Gasteiger partial charge is 0.308 e. The molecule has 0 aliphatic carbocycles. The van der Waals surface area contributed by atoms with Gasteiger partial charge in [-0.05, 0) is 27.7 Å². The molecule has 4 nitrogen and oxygen atoms in total. The van der Waals surface area contributed by atoms with Crippen molar-refractivity contribution in [1.29, 1.82) is 0 Å². The number of esters is 1. The summed E-state index contributed by atoms with van der Waals surface area (Å²) in [6.45, 7) is 11.2. The van der Waals surface area contributed by atoms with Crippen LogP contribution in [0.4, 0.5) is 0 Å². The highest BCUT2D eigenvalue weighted by molar-refractivity contribution is 5.71. The van der Waals surface area contributed by atoms with Crippen LogP contribution in [0.1, 0.15) is 54.4 Å². The lowest BCUT2D eigenvalue weighted by Crippen LogP contribution is -2.60.